The fourth-order valence-corrected chi connectivity index (χ4v) is 2.60. The first-order valence-electron chi connectivity index (χ1n) is 6.44. The maximum atomic E-state index is 13.1. The van der Waals surface area contributed by atoms with Gasteiger partial charge in [0.1, 0.15) is 11.6 Å². The van der Waals surface area contributed by atoms with Crippen molar-refractivity contribution >= 4 is 0 Å². The maximum absolute atomic E-state index is 13.1. The molecule has 0 aromatic heterocycles. The van der Waals surface area contributed by atoms with Crippen molar-refractivity contribution in [2.45, 2.75) is 50.8 Å². The van der Waals surface area contributed by atoms with E-state index in [2.05, 4.69) is 12.2 Å². The van der Waals surface area contributed by atoms with Crippen molar-refractivity contribution in [3.8, 4) is 0 Å². The molecule has 1 aromatic rings. The van der Waals surface area contributed by atoms with Crippen LogP contribution in [-0.2, 0) is 0 Å². The standard InChI is InChI=1S/C14H19F2NO/c1-9-3-2-4-13(17-9)8-14(18)10-5-11(15)7-12(16)6-10/h5-7,9,13-14,17-18H,2-4,8H2,1H3. The molecule has 0 spiro atoms. The Hall–Kier alpha value is -1.00. The molecule has 1 fully saturated rings. The van der Waals surface area contributed by atoms with Crippen molar-refractivity contribution in [2.75, 3.05) is 0 Å². The molecule has 0 radical (unpaired) electrons. The maximum Gasteiger partial charge on any atom is 0.126 e. The van der Waals surface area contributed by atoms with Gasteiger partial charge in [0.15, 0.2) is 0 Å². The van der Waals surface area contributed by atoms with E-state index in [1.54, 1.807) is 0 Å². The second kappa shape index (κ2) is 5.76. The molecule has 1 saturated heterocycles. The molecule has 0 amide bonds. The lowest BCUT2D eigenvalue weighted by Gasteiger charge is -2.30. The number of aliphatic hydroxyl groups is 1. The Morgan fingerprint density at radius 2 is 1.94 bits per heavy atom. The van der Waals surface area contributed by atoms with E-state index in [0.717, 1.165) is 25.3 Å². The fourth-order valence-electron chi connectivity index (χ4n) is 2.60. The summed E-state index contributed by atoms with van der Waals surface area (Å²) in [7, 11) is 0. The van der Waals surface area contributed by atoms with Crippen LogP contribution in [0.1, 0.15) is 44.3 Å². The van der Waals surface area contributed by atoms with E-state index in [1.165, 1.54) is 12.1 Å². The van der Waals surface area contributed by atoms with Crippen molar-refractivity contribution in [1.82, 2.24) is 5.32 Å². The molecule has 3 unspecified atom stereocenters. The van der Waals surface area contributed by atoms with Crippen molar-refractivity contribution in [2.24, 2.45) is 0 Å². The Bertz CT molecular complexity index is 391. The third-order valence-electron chi connectivity index (χ3n) is 3.49. The van der Waals surface area contributed by atoms with Crippen LogP contribution in [0.25, 0.3) is 0 Å². The summed E-state index contributed by atoms with van der Waals surface area (Å²) in [6, 6.07) is 3.87. The van der Waals surface area contributed by atoms with E-state index in [1.807, 2.05) is 0 Å². The van der Waals surface area contributed by atoms with Crippen molar-refractivity contribution in [3.63, 3.8) is 0 Å². The third kappa shape index (κ3) is 3.50. The molecule has 2 N–H and O–H groups in total. The van der Waals surface area contributed by atoms with E-state index in [-0.39, 0.29) is 6.04 Å². The minimum atomic E-state index is -0.821. The summed E-state index contributed by atoms with van der Waals surface area (Å²) in [5.41, 5.74) is 0.313. The molecule has 2 nitrogen and oxygen atoms in total. The average molecular weight is 255 g/mol. The first-order chi connectivity index (χ1) is 8.54. The molecule has 0 saturated carbocycles. The van der Waals surface area contributed by atoms with Gasteiger partial charge in [-0.25, -0.2) is 8.78 Å². The predicted molar refractivity (Wildman–Crippen MR) is 66.2 cm³/mol. The molecule has 3 atom stereocenters. The highest BCUT2D eigenvalue weighted by Crippen LogP contribution is 2.24. The number of nitrogens with one attached hydrogen (secondary N) is 1. The summed E-state index contributed by atoms with van der Waals surface area (Å²) in [6.07, 6.45) is 2.94. The quantitative estimate of drug-likeness (QED) is 0.870. The van der Waals surface area contributed by atoms with Crippen molar-refractivity contribution in [1.29, 1.82) is 0 Å². The predicted octanol–water partition coefficient (Wildman–Crippen LogP) is 2.92. The number of halogens is 2. The Balaban J connectivity index is 2.00. The third-order valence-corrected chi connectivity index (χ3v) is 3.49. The minimum Gasteiger partial charge on any atom is -0.388 e. The highest BCUT2D eigenvalue weighted by molar-refractivity contribution is 5.20. The van der Waals surface area contributed by atoms with Crippen molar-refractivity contribution < 1.29 is 13.9 Å². The smallest absolute Gasteiger partial charge is 0.126 e. The Morgan fingerprint density at radius 1 is 1.28 bits per heavy atom. The van der Waals surface area contributed by atoms with E-state index < -0.39 is 17.7 Å². The number of piperidine rings is 1. The van der Waals surface area contributed by atoms with Gasteiger partial charge in [0, 0.05) is 18.2 Å². The molecule has 18 heavy (non-hydrogen) atoms. The largest absolute Gasteiger partial charge is 0.388 e. The number of aliphatic hydroxyl groups excluding tert-OH is 1. The molecule has 1 aliphatic rings. The molecule has 4 heteroatoms. The van der Waals surface area contributed by atoms with E-state index in [4.69, 9.17) is 0 Å². The average Bonchev–Trinajstić information content (AvgIpc) is 2.27. The van der Waals surface area contributed by atoms with Crippen LogP contribution in [0, 0.1) is 11.6 Å². The topological polar surface area (TPSA) is 32.3 Å². The summed E-state index contributed by atoms with van der Waals surface area (Å²) in [6.45, 7) is 2.11. The van der Waals surface area contributed by atoms with Gasteiger partial charge in [0.25, 0.3) is 0 Å². The zero-order chi connectivity index (χ0) is 13.1. The van der Waals surface area contributed by atoms with Crippen LogP contribution in [0.5, 0.6) is 0 Å². The fraction of sp³-hybridized carbons (Fsp3) is 0.571. The highest BCUT2D eigenvalue weighted by Gasteiger charge is 2.21. The van der Waals surface area contributed by atoms with Crippen molar-refractivity contribution in [3.05, 3.63) is 35.4 Å². The number of hydrogen-bond donors (Lipinski definition) is 2. The van der Waals surface area contributed by atoms with Crippen LogP contribution in [0.4, 0.5) is 8.78 Å². The normalized spacial score (nSPS) is 26.0. The number of hydrogen-bond acceptors (Lipinski definition) is 2. The zero-order valence-corrected chi connectivity index (χ0v) is 10.5. The lowest BCUT2D eigenvalue weighted by atomic mass is 9.93. The van der Waals surface area contributed by atoms with Crippen LogP contribution in [0.2, 0.25) is 0 Å². The molecule has 2 rings (SSSR count). The molecule has 0 aliphatic carbocycles. The van der Waals surface area contributed by atoms with E-state index >= 15 is 0 Å². The van der Waals surface area contributed by atoms with Gasteiger partial charge in [0.2, 0.25) is 0 Å². The monoisotopic (exact) mass is 255 g/mol. The van der Waals surface area contributed by atoms with Gasteiger partial charge < -0.3 is 10.4 Å². The first-order valence-corrected chi connectivity index (χ1v) is 6.44. The summed E-state index contributed by atoms with van der Waals surface area (Å²) in [5.74, 6) is -1.29. The second-order valence-corrected chi connectivity index (χ2v) is 5.15. The van der Waals surface area contributed by atoms with Gasteiger partial charge in [-0.15, -0.1) is 0 Å². The van der Waals surface area contributed by atoms with Gasteiger partial charge in [-0.05, 0) is 43.9 Å². The van der Waals surface area contributed by atoms with Crippen LogP contribution < -0.4 is 5.32 Å². The van der Waals surface area contributed by atoms with Gasteiger partial charge in [-0.2, -0.15) is 0 Å². The van der Waals surface area contributed by atoms with Crippen LogP contribution >= 0.6 is 0 Å². The molecular weight excluding hydrogens is 236 g/mol. The summed E-state index contributed by atoms with van der Waals surface area (Å²) in [4.78, 5) is 0. The molecular formula is C14H19F2NO. The Labute approximate surface area is 106 Å². The van der Waals surface area contributed by atoms with Gasteiger partial charge in [-0.1, -0.05) is 6.42 Å². The summed E-state index contributed by atoms with van der Waals surface area (Å²) < 4.78 is 26.1. The number of benzene rings is 1. The minimum absolute atomic E-state index is 0.218. The zero-order valence-electron chi connectivity index (χ0n) is 10.5. The molecule has 0 bridgehead atoms. The highest BCUT2D eigenvalue weighted by atomic mass is 19.1. The summed E-state index contributed by atoms with van der Waals surface area (Å²) >= 11 is 0. The van der Waals surface area contributed by atoms with Crippen LogP contribution in [0.15, 0.2) is 18.2 Å². The Morgan fingerprint density at radius 3 is 2.56 bits per heavy atom. The van der Waals surface area contributed by atoms with Gasteiger partial charge in [-0.3, -0.25) is 0 Å². The summed E-state index contributed by atoms with van der Waals surface area (Å²) in [5, 5.41) is 13.4. The number of rotatable bonds is 3. The lowest BCUT2D eigenvalue weighted by molar-refractivity contribution is 0.138. The second-order valence-electron chi connectivity index (χ2n) is 5.15. The van der Waals surface area contributed by atoms with E-state index in [9.17, 15) is 13.9 Å². The first kappa shape index (κ1) is 13.4. The van der Waals surface area contributed by atoms with E-state index in [0.29, 0.717) is 18.0 Å². The molecule has 1 aromatic carbocycles. The molecule has 1 heterocycles. The molecule has 1 aliphatic heterocycles. The lowest BCUT2D eigenvalue weighted by Crippen LogP contribution is -2.41. The van der Waals surface area contributed by atoms with Gasteiger partial charge in [0.05, 0.1) is 6.10 Å². The van der Waals surface area contributed by atoms with Crippen LogP contribution in [-0.4, -0.2) is 17.2 Å². The Kier molecular flexibility index (Phi) is 4.30. The molecule has 100 valence electrons. The van der Waals surface area contributed by atoms with Gasteiger partial charge >= 0.3 is 0 Å². The van der Waals surface area contributed by atoms with Crippen LogP contribution in [0.3, 0.4) is 0 Å². The SMILES string of the molecule is CC1CCCC(CC(O)c2cc(F)cc(F)c2)N1.